The second-order valence-electron chi connectivity index (χ2n) is 4.85. The minimum atomic E-state index is 0.546. The molecule has 1 saturated heterocycles. The topological polar surface area (TPSA) is 65.4 Å². The molecule has 2 N–H and O–H groups in total. The van der Waals surface area contributed by atoms with E-state index in [9.17, 15) is 0 Å². The summed E-state index contributed by atoms with van der Waals surface area (Å²) in [6.45, 7) is 2.29. The molecule has 96 valence electrons. The zero-order valence-corrected chi connectivity index (χ0v) is 10.4. The Kier molecular flexibility index (Phi) is 3.25. The molecule has 0 atom stereocenters. The maximum atomic E-state index is 5.67. The largest absolute Gasteiger partial charge is 0.381 e. The standard InChI is InChI=1S/C13H18N4O/c14-8-11-1-2-12-15-16-13(17(12)9-11)7-10-3-5-18-6-4-10/h1-2,9-10H,3-8,14H2. The van der Waals surface area contributed by atoms with Crippen molar-refractivity contribution in [3.8, 4) is 0 Å². The van der Waals surface area contributed by atoms with Crippen molar-refractivity contribution in [2.45, 2.75) is 25.8 Å². The van der Waals surface area contributed by atoms with Gasteiger partial charge in [-0.1, -0.05) is 6.07 Å². The summed E-state index contributed by atoms with van der Waals surface area (Å²) in [5.41, 5.74) is 7.68. The van der Waals surface area contributed by atoms with Gasteiger partial charge in [0.15, 0.2) is 5.65 Å². The Morgan fingerprint density at radius 2 is 2.11 bits per heavy atom. The molecule has 5 heteroatoms. The van der Waals surface area contributed by atoms with Crippen LogP contribution in [0.15, 0.2) is 18.3 Å². The van der Waals surface area contributed by atoms with Crippen LogP contribution in [0.4, 0.5) is 0 Å². The van der Waals surface area contributed by atoms with Gasteiger partial charge in [-0.15, -0.1) is 10.2 Å². The third-order valence-electron chi connectivity index (χ3n) is 3.58. The monoisotopic (exact) mass is 246 g/mol. The summed E-state index contributed by atoms with van der Waals surface area (Å²) in [5, 5.41) is 8.50. The van der Waals surface area contributed by atoms with Gasteiger partial charge >= 0.3 is 0 Å². The molecule has 0 bridgehead atoms. The number of nitrogens with two attached hydrogens (primary N) is 1. The Balaban J connectivity index is 1.86. The maximum absolute atomic E-state index is 5.67. The number of fused-ring (bicyclic) bond motifs is 1. The molecule has 1 aliphatic rings. The van der Waals surface area contributed by atoms with E-state index in [1.807, 2.05) is 18.3 Å². The molecule has 3 rings (SSSR count). The second kappa shape index (κ2) is 5.04. The van der Waals surface area contributed by atoms with E-state index in [0.29, 0.717) is 12.5 Å². The van der Waals surface area contributed by atoms with E-state index >= 15 is 0 Å². The first kappa shape index (κ1) is 11.6. The lowest BCUT2D eigenvalue weighted by Gasteiger charge is -2.21. The summed E-state index contributed by atoms with van der Waals surface area (Å²) < 4.78 is 7.45. The van der Waals surface area contributed by atoms with E-state index in [-0.39, 0.29) is 0 Å². The molecular formula is C13H18N4O. The van der Waals surface area contributed by atoms with Gasteiger partial charge in [-0.2, -0.15) is 0 Å². The molecule has 1 fully saturated rings. The summed E-state index contributed by atoms with van der Waals surface area (Å²) >= 11 is 0. The van der Waals surface area contributed by atoms with Crippen LogP contribution in [0.3, 0.4) is 0 Å². The summed E-state index contributed by atoms with van der Waals surface area (Å²) in [6.07, 6.45) is 5.25. The molecule has 2 aromatic rings. The molecule has 3 heterocycles. The molecule has 0 radical (unpaired) electrons. The summed E-state index contributed by atoms with van der Waals surface area (Å²) in [4.78, 5) is 0. The SMILES string of the molecule is NCc1ccc2nnc(CC3CCOCC3)n2c1. The van der Waals surface area contributed by atoms with Crippen LogP contribution in [0.2, 0.25) is 0 Å². The molecular weight excluding hydrogens is 228 g/mol. The van der Waals surface area contributed by atoms with E-state index in [2.05, 4.69) is 14.6 Å². The quantitative estimate of drug-likeness (QED) is 0.882. The van der Waals surface area contributed by atoms with Crippen molar-refractivity contribution in [3.63, 3.8) is 0 Å². The Bertz CT molecular complexity index is 531. The highest BCUT2D eigenvalue weighted by atomic mass is 16.5. The van der Waals surface area contributed by atoms with Gasteiger partial charge in [0.1, 0.15) is 5.82 Å². The first-order valence-corrected chi connectivity index (χ1v) is 6.47. The predicted octanol–water partition coefficient (Wildman–Crippen LogP) is 1.16. The normalized spacial score (nSPS) is 17.4. The van der Waals surface area contributed by atoms with E-state index in [4.69, 9.17) is 10.5 Å². The van der Waals surface area contributed by atoms with Crippen LogP contribution < -0.4 is 5.73 Å². The van der Waals surface area contributed by atoms with E-state index in [1.165, 1.54) is 0 Å². The molecule has 0 amide bonds. The lowest BCUT2D eigenvalue weighted by atomic mass is 9.96. The van der Waals surface area contributed by atoms with Crippen LogP contribution in [0, 0.1) is 5.92 Å². The first-order valence-electron chi connectivity index (χ1n) is 6.47. The maximum Gasteiger partial charge on any atom is 0.160 e. The van der Waals surface area contributed by atoms with Crippen LogP contribution in [0.1, 0.15) is 24.2 Å². The Hall–Kier alpha value is -1.46. The minimum Gasteiger partial charge on any atom is -0.381 e. The van der Waals surface area contributed by atoms with Crippen LogP contribution in [0.5, 0.6) is 0 Å². The van der Waals surface area contributed by atoms with Gasteiger partial charge in [0, 0.05) is 32.4 Å². The van der Waals surface area contributed by atoms with Crippen LogP contribution in [-0.4, -0.2) is 27.8 Å². The van der Waals surface area contributed by atoms with Gasteiger partial charge in [-0.05, 0) is 30.4 Å². The molecule has 0 spiro atoms. The predicted molar refractivity (Wildman–Crippen MR) is 68.1 cm³/mol. The van der Waals surface area contributed by atoms with Crippen molar-refractivity contribution < 1.29 is 4.74 Å². The molecule has 0 saturated carbocycles. The highest BCUT2D eigenvalue weighted by Crippen LogP contribution is 2.19. The van der Waals surface area contributed by atoms with Gasteiger partial charge in [0.2, 0.25) is 0 Å². The lowest BCUT2D eigenvalue weighted by molar-refractivity contribution is 0.0659. The zero-order valence-electron chi connectivity index (χ0n) is 10.4. The zero-order chi connectivity index (χ0) is 12.4. The number of rotatable bonds is 3. The molecule has 0 unspecified atom stereocenters. The van der Waals surface area contributed by atoms with Gasteiger partial charge in [0.05, 0.1) is 0 Å². The Morgan fingerprint density at radius 3 is 2.89 bits per heavy atom. The van der Waals surface area contributed by atoms with Crippen molar-refractivity contribution in [2.75, 3.05) is 13.2 Å². The third kappa shape index (κ3) is 2.23. The highest BCUT2D eigenvalue weighted by molar-refractivity contribution is 5.39. The van der Waals surface area contributed by atoms with Crippen molar-refractivity contribution in [1.82, 2.24) is 14.6 Å². The smallest absolute Gasteiger partial charge is 0.160 e. The fourth-order valence-corrected chi connectivity index (χ4v) is 2.45. The molecule has 2 aromatic heterocycles. The van der Waals surface area contributed by atoms with Gasteiger partial charge in [-0.3, -0.25) is 4.40 Å². The average molecular weight is 246 g/mol. The van der Waals surface area contributed by atoms with E-state index < -0.39 is 0 Å². The fraction of sp³-hybridized carbons (Fsp3) is 0.538. The van der Waals surface area contributed by atoms with Gasteiger partial charge in [-0.25, -0.2) is 0 Å². The molecule has 1 aliphatic heterocycles. The molecule has 0 aromatic carbocycles. The van der Waals surface area contributed by atoms with Crippen LogP contribution in [-0.2, 0) is 17.7 Å². The number of nitrogens with zero attached hydrogens (tertiary/aromatic N) is 3. The van der Waals surface area contributed by atoms with Crippen molar-refractivity contribution in [3.05, 3.63) is 29.7 Å². The van der Waals surface area contributed by atoms with Gasteiger partial charge < -0.3 is 10.5 Å². The van der Waals surface area contributed by atoms with Crippen molar-refractivity contribution >= 4 is 5.65 Å². The second-order valence-corrected chi connectivity index (χ2v) is 4.85. The average Bonchev–Trinajstić information content (AvgIpc) is 2.82. The summed E-state index contributed by atoms with van der Waals surface area (Å²) in [6, 6.07) is 3.98. The third-order valence-corrected chi connectivity index (χ3v) is 3.58. The Morgan fingerprint density at radius 1 is 1.28 bits per heavy atom. The van der Waals surface area contributed by atoms with Crippen LogP contribution >= 0.6 is 0 Å². The number of hydrogen-bond donors (Lipinski definition) is 1. The Labute approximate surface area is 106 Å². The summed E-state index contributed by atoms with van der Waals surface area (Å²) in [7, 11) is 0. The summed E-state index contributed by atoms with van der Waals surface area (Å²) in [5.74, 6) is 1.69. The number of pyridine rings is 1. The lowest BCUT2D eigenvalue weighted by Crippen LogP contribution is -2.18. The number of hydrogen-bond acceptors (Lipinski definition) is 4. The molecule has 5 nitrogen and oxygen atoms in total. The first-order chi connectivity index (χ1) is 8.86. The van der Waals surface area contributed by atoms with Gasteiger partial charge in [0.25, 0.3) is 0 Å². The number of aromatic nitrogens is 3. The van der Waals surface area contributed by atoms with Crippen molar-refractivity contribution in [1.29, 1.82) is 0 Å². The minimum absolute atomic E-state index is 0.546. The molecule has 0 aliphatic carbocycles. The highest BCUT2D eigenvalue weighted by Gasteiger charge is 2.17. The van der Waals surface area contributed by atoms with E-state index in [1.54, 1.807) is 0 Å². The van der Waals surface area contributed by atoms with E-state index in [0.717, 1.165) is 49.5 Å². The van der Waals surface area contributed by atoms with Crippen molar-refractivity contribution in [2.24, 2.45) is 11.7 Å². The molecule has 18 heavy (non-hydrogen) atoms. The van der Waals surface area contributed by atoms with Crippen LogP contribution in [0.25, 0.3) is 5.65 Å². The fourth-order valence-electron chi connectivity index (χ4n) is 2.45. The number of ether oxygens (including phenoxy) is 1.